The second-order valence-corrected chi connectivity index (χ2v) is 8.16. The van der Waals surface area contributed by atoms with E-state index in [4.69, 9.17) is 4.74 Å². The molecule has 2 aliphatic heterocycles. The topological polar surface area (TPSA) is 79.3 Å². The third kappa shape index (κ3) is 3.33. The van der Waals surface area contributed by atoms with Gasteiger partial charge in [0.15, 0.2) is 0 Å². The molecule has 0 unspecified atom stereocenters. The number of carbonyl (C=O) groups excluding carboxylic acids is 1. The molecule has 0 saturated carbocycles. The average molecular weight is 385 g/mol. The Bertz CT molecular complexity index is 983. The van der Waals surface area contributed by atoms with Crippen LogP contribution in [0.1, 0.15) is 5.56 Å². The number of anilines is 1. The largest absolute Gasteiger partial charge is 0.378 e. The van der Waals surface area contributed by atoms with E-state index in [1.807, 2.05) is 30.3 Å². The average Bonchev–Trinajstić information content (AvgIpc) is 2.71. The van der Waals surface area contributed by atoms with Crippen molar-refractivity contribution in [3.63, 3.8) is 0 Å². The Balaban J connectivity index is 1.76. The third-order valence-electron chi connectivity index (χ3n) is 4.56. The lowest BCUT2D eigenvalue weighted by Gasteiger charge is -2.31. The van der Waals surface area contributed by atoms with Gasteiger partial charge < -0.3 is 9.64 Å². The fraction of sp³-hybridized carbons (Fsp3) is 0.263. The first-order valence-electron chi connectivity index (χ1n) is 8.68. The second kappa shape index (κ2) is 7.13. The standard InChI is InChI=1S/C19H19N3O4S/c23-19(21-10-12-26-13-11-21)18-20-22(14-15-6-2-1-3-7-15)16-8-4-5-9-17(16)27(18,24)25/h1-9H,10-14H2. The van der Waals surface area contributed by atoms with Gasteiger partial charge in [-0.05, 0) is 17.7 Å². The third-order valence-corrected chi connectivity index (χ3v) is 6.24. The van der Waals surface area contributed by atoms with Gasteiger partial charge in [0.05, 0.1) is 30.3 Å². The number of hydrazone groups is 1. The molecule has 2 heterocycles. The van der Waals surface area contributed by atoms with Crippen molar-refractivity contribution in [1.82, 2.24) is 4.90 Å². The summed E-state index contributed by atoms with van der Waals surface area (Å²) in [6, 6.07) is 16.2. The molecule has 1 saturated heterocycles. The van der Waals surface area contributed by atoms with Gasteiger partial charge in [0.2, 0.25) is 14.9 Å². The first-order valence-corrected chi connectivity index (χ1v) is 10.2. The minimum Gasteiger partial charge on any atom is -0.378 e. The summed E-state index contributed by atoms with van der Waals surface area (Å²) >= 11 is 0. The summed E-state index contributed by atoms with van der Waals surface area (Å²) in [7, 11) is -3.98. The summed E-state index contributed by atoms with van der Waals surface area (Å²) in [6.07, 6.45) is 0. The van der Waals surface area contributed by atoms with E-state index in [0.29, 0.717) is 38.5 Å². The SMILES string of the molecule is O=C(C1=NN(Cc2ccccc2)c2ccccc2S1(=O)=O)N1CCOCC1. The van der Waals surface area contributed by atoms with Crippen molar-refractivity contribution in [2.24, 2.45) is 5.10 Å². The van der Waals surface area contributed by atoms with Crippen molar-refractivity contribution < 1.29 is 17.9 Å². The molecule has 0 aromatic heterocycles. The molecule has 0 spiro atoms. The zero-order valence-corrected chi connectivity index (χ0v) is 15.4. The predicted molar refractivity (Wildman–Crippen MR) is 101 cm³/mol. The van der Waals surface area contributed by atoms with Crippen LogP contribution < -0.4 is 5.01 Å². The Morgan fingerprint density at radius 2 is 1.67 bits per heavy atom. The van der Waals surface area contributed by atoms with E-state index >= 15 is 0 Å². The first-order chi connectivity index (χ1) is 13.1. The molecular formula is C19H19N3O4S. The molecule has 0 bridgehead atoms. The number of para-hydroxylation sites is 1. The van der Waals surface area contributed by atoms with Gasteiger partial charge in [-0.25, -0.2) is 8.42 Å². The zero-order chi connectivity index (χ0) is 18.9. The van der Waals surface area contributed by atoms with Crippen LogP contribution in [0.3, 0.4) is 0 Å². The van der Waals surface area contributed by atoms with Crippen molar-refractivity contribution in [2.75, 3.05) is 31.3 Å². The molecule has 0 N–H and O–H groups in total. The van der Waals surface area contributed by atoms with Crippen LogP contribution in [-0.4, -0.2) is 50.6 Å². The lowest BCUT2D eigenvalue weighted by atomic mass is 10.2. The van der Waals surface area contributed by atoms with Crippen molar-refractivity contribution in [3.05, 3.63) is 60.2 Å². The number of rotatable bonds is 3. The van der Waals surface area contributed by atoms with E-state index in [0.717, 1.165) is 5.56 Å². The van der Waals surface area contributed by atoms with Gasteiger partial charge in [-0.3, -0.25) is 9.80 Å². The number of fused-ring (bicyclic) bond motifs is 1. The molecule has 140 valence electrons. The zero-order valence-electron chi connectivity index (χ0n) is 14.6. The molecule has 2 aliphatic rings. The number of benzene rings is 2. The summed E-state index contributed by atoms with van der Waals surface area (Å²) in [5.74, 6) is -0.578. The highest BCUT2D eigenvalue weighted by molar-refractivity contribution is 8.08. The monoisotopic (exact) mass is 385 g/mol. The molecular weight excluding hydrogens is 366 g/mol. The summed E-state index contributed by atoms with van der Waals surface area (Å²) in [5, 5.41) is 5.43. The number of hydrogen-bond acceptors (Lipinski definition) is 6. The van der Waals surface area contributed by atoms with E-state index < -0.39 is 20.8 Å². The Kier molecular flexibility index (Phi) is 4.67. The quantitative estimate of drug-likeness (QED) is 0.803. The minimum atomic E-state index is -3.98. The fourth-order valence-electron chi connectivity index (χ4n) is 3.16. The van der Waals surface area contributed by atoms with Gasteiger partial charge >= 0.3 is 0 Å². The van der Waals surface area contributed by atoms with Crippen LogP contribution >= 0.6 is 0 Å². The van der Waals surface area contributed by atoms with Crippen LogP contribution in [0.15, 0.2) is 64.6 Å². The molecule has 7 nitrogen and oxygen atoms in total. The van der Waals surface area contributed by atoms with Crippen molar-refractivity contribution in [1.29, 1.82) is 0 Å². The van der Waals surface area contributed by atoms with Gasteiger partial charge in [-0.1, -0.05) is 42.5 Å². The van der Waals surface area contributed by atoms with Gasteiger partial charge in [-0.2, -0.15) is 5.10 Å². The Labute approximate surface area is 157 Å². The van der Waals surface area contributed by atoms with Gasteiger partial charge in [0.25, 0.3) is 5.91 Å². The normalized spacial score (nSPS) is 18.6. The second-order valence-electron chi connectivity index (χ2n) is 6.32. The van der Waals surface area contributed by atoms with Gasteiger partial charge in [0, 0.05) is 13.1 Å². The van der Waals surface area contributed by atoms with Crippen LogP contribution in [0, 0.1) is 0 Å². The Morgan fingerprint density at radius 3 is 2.41 bits per heavy atom. The lowest BCUT2D eigenvalue weighted by Crippen LogP contribution is -2.47. The summed E-state index contributed by atoms with van der Waals surface area (Å²) in [4.78, 5) is 14.5. The van der Waals surface area contributed by atoms with Crippen LogP contribution in [-0.2, 0) is 25.9 Å². The maximum absolute atomic E-state index is 13.1. The fourth-order valence-corrected chi connectivity index (χ4v) is 4.64. The molecule has 1 amide bonds. The Morgan fingerprint density at radius 1 is 1.00 bits per heavy atom. The highest BCUT2D eigenvalue weighted by Gasteiger charge is 2.39. The molecule has 27 heavy (non-hydrogen) atoms. The highest BCUT2D eigenvalue weighted by Crippen LogP contribution is 2.33. The molecule has 8 heteroatoms. The number of morpholine rings is 1. The highest BCUT2D eigenvalue weighted by atomic mass is 32.2. The maximum atomic E-state index is 13.1. The predicted octanol–water partition coefficient (Wildman–Crippen LogP) is 1.65. The number of amides is 1. The summed E-state index contributed by atoms with van der Waals surface area (Å²) in [5.41, 5.74) is 1.44. The molecule has 0 aliphatic carbocycles. The van der Waals surface area contributed by atoms with Crippen LogP contribution in [0.4, 0.5) is 5.69 Å². The number of ether oxygens (including phenoxy) is 1. The van der Waals surface area contributed by atoms with E-state index in [2.05, 4.69) is 5.10 Å². The minimum absolute atomic E-state index is 0.104. The number of hydrogen-bond donors (Lipinski definition) is 0. The van der Waals surface area contributed by atoms with E-state index in [1.165, 1.54) is 11.0 Å². The first kappa shape index (κ1) is 17.7. The van der Waals surface area contributed by atoms with E-state index in [1.54, 1.807) is 23.2 Å². The van der Waals surface area contributed by atoms with E-state index in [-0.39, 0.29) is 4.90 Å². The molecule has 2 aromatic carbocycles. The summed E-state index contributed by atoms with van der Waals surface area (Å²) < 4.78 is 31.4. The van der Waals surface area contributed by atoms with Gasteiger partial charge in [-0.15, -0.1) is 0 Å². The van der Waals surface area contributed by atoms with Crippen LogP contribution in [0.5, 0.6) is 0 Å². The van der Waals surface area contributed by atoms with Crippen LogP contribution in [0.25, 0.3) is 0 Å². The van der Waals surface area contributed by atoms with Crippen molar-refractivity contribution in [2.45, 2.75) is 11.4 Å². The van der Waals surface area contributed by atoms with E-state index in [9.17, 15) is 13.2 Å². The maximum Gasteiger partial charge on any atom is 0.286 e. The van der Waals surface area contributed by atoms with Crippen LogP contribution in [0.2, 0.25) is 0 Å². The number of carbonyl (C=O) groups is 1. The summed E-state index contributed by atoms with van der Waals surface area (Å²) in [6.45, 7) is 1.86. The number of sulfone groups is 1. The molecule has 1 fully saturated rings. The lowest BCUT2D eigenvalue weighted by molar-refractivity contribution is -0.127. The van der Waals surface area contributed by atoms with Gasteiger partial charge in [0.1, 0.15) is 0 Å². The molecule has 0 radical (unpaired) electrons. The smallest absolute Gasteiger partial charge is 0.286 e. The molecule has 0 atom stereocenters. The van der Waals surface area contributed by atoms with Crippen molar-refractivity contribution in [3.8, 4) is 0 Å². The Hall–Kier alpha value is -2.71. The molecule has 2 aromatic rings. The van der Waals surface area contributed by atoms with Crippen molar-refractivity contribution >= 4 is 26.5 Å². The molecule has 4 rings (SSSR count). The number of nitrogens with zero attached hydrogens (tertiary/aromatic N) is 3.